The lowest BCUT2D eigenvalue weighted by atomic mass is 9.58. The number of rotatable bonds is 3. The normalized spacial score (nSPS) is 26.5. The second-order valence-electron chi connectivity index (χ2n) is 6.02. The first-order valence-corrected chi connectivity index (χ1v) is 8.85. The molecule has 8 heteroatoms. The summed E-state index contributed by atoms with van der Waals surface area (Å²) in [6.45, 7) is 0.963. The largest absolute Gasteiger partial charge is 0.392 e. The first kappa shape index (κ1) is 16.3. The van der Waals surface area contributed by atoms with E-state index in [1.165, 1.54) is 0 Å². The van der Waals surface area contributed by atoms with Crippen molar-refractivity contribution in [3.05, 3.63) is 29.6 Å². The van der Waals surface area contributed by atoms with Crippen LogP contribution in [0.15, 0.2) is 23.1 Å². The second-order valence-corrected chi connectivity index (χ2v) is 7.71. The van der Waals surface area contributed by atoms with E-state index in [9.17, 15) is 17.9 Å². The molecule has 3 rings (SSSR count). The topological polar surface area (TPSA) is 99.4 Å². The highest BCUT2D eigenvalue weighted by molar-refractivity contribution is 7.89. The fourth-order valence-electron chi connectivity index (χ4n) is 3.44. The van der Waals surface area contributed by atoms with E-state index in [1.54, 1.807) is 6.07 Å². The lowest BCUT2D eigenvalue weighted by Gasteiger charge is -2.55. The van der Waals surface area contributed by atoms with Crippen LogP contribution in [-0.2, 0) is 14.8 Å². The van der Waals surface area contributed by atoms with Crippen molar-refractivity contribution in [1.29, 1.82) is 5.26 Å². The minimum Gasteiger partial charge on any atom is -0.392 e. The highest BCUT2D eigenvalue weighted by atomic mass is 32.2. The van der Waals surface area contributed by atoms with Crippen LogP contribution in [0, 0.1) is 22.6 Å². The Hall–Kier alpha value is -1.53. The molecule has 1 aromatic rings. The van der Waals surface area contributed by atoms with E-state index in [2.05, 4.69) is 4.72 Å². The molecule has 0 bridgehead atoms. The zero-order valence-electron chi connectivity index (χ0n) is 12.3. The monoisotopic (exact) mass is 340 g/mol. The van der Waals surface area contributed by atoms with E-state index in [-0.39, 0.29) is 10.5 Å². The van der Waals surface area contributed by atoms with Crippen molar-refractivity contribution >= 4 is 10.0 Å². The van der Waals surface area contributed by atoms with E-state index in [1.807, 2.05) is 0 Å². The molecule has 0 unspecified atom stereocenters. The average Bonchev–Trinajstić information content (AvgIpc) is 2.54. The van der Waals surface area contributed by atoms with Crippen molar-refractivity contribution in [2.75, 3.05) is 13.2 Å². The highest BCUT2D eigenvalue weighted by Gasteiger charge is 2.56. The first-order chi connectivity index (χ1) is 10.9. The molecule has 1 saturated heterocycles. The van der Waals surface area contributed by atoms with Gasteiger partial charge in [-0.3, -0.25) is 0 Å². The Kier molecular flexibility index (Phi) is 4.14. The van der Waals surface area contributed by atoms with Gasteiger partial charge >= 0.3 is 0 Å². The second kappa shape index (κ2) is 5.83. The number of halogens is 1. The van der Waals surface area contributed by atoms with Crippen LogP contribution in [0.2, 0.25) is 0 Å². The number of nitriles is 1. The van der Waals surface area contributed by atoms with E-state index in [0.29, 0.717) is 32.5 Å². The molecule has 1 spiro atoms. The fraction of sp³-hybridized carbons (Fsp3) is 0.533. The van der Waals surface area contributed by atoms with Gasteiger partial charge in [-0.25, -0.2) is 17.5 Å². The van der Waals surface area contributed by atoms with Gasteiger partial charge in [0.15, 0.2) is 0 Å². The number of nitrogens with one attached hydrogen (secondary N) is 1. The van der Waals surface area contributed by atoms with E-state index in [4.69, 9.17) is 10.00 Å². The predicted molar refractivity (Wildman–Crippen MR) is 78.3 cm³/mol. The number of nitrogens with zero attached hydrogens (tertiary/aromatic N) is 1. The molecule has 1 saturated carbocycles. The molecule has 0 radical (unpaired) electrons. The molecule has 1 aliphatic heterocycles. The maximum Gasteiger partial charge on any atom is 0.242 e. The Balaban J connectivity index is 1.86. The molecule has 124 valence electrons. The Morgan fingerprint density at radius 2 is 2.09 bits per heavy atom. The van der Waals surface area contributed by atoms with Gasteiger partial charge in [0.1, 0.15) is 11.9 Å². The van der Waals surface area contributed by atoms with Gasteiger partial charge < -0.3 is 9.84 Å². The van der Waals surface area contributed by atoms with Gasteiger partial charge in [-0.2, -0.15) is 5.26 Å². The first-order valence-electron chi connectivity index (χ1n) is 7.37. The number of hydrogen-bond donors (Lipinski definition) is 2. The van der Waals surface area contributed by atoms with Crippen molar-refractivity contribution < 1.29 is 22.7 Å². The summed E-state index contributed by atoms with van der Waals surface area (Å²) in [4.78, 5) is -0.245. The zero-order chi connectivity index (χ0) is 16.7. The number of aliphatic hydroxyl groups is 1. The van der Waals surface area contributed by atoms with Gasteiger partial charge in [-0.05, 0) is 37.5 Å². The number of sulfonamides is 1. The standard InChI is InChI=1S/C15H17FN2O4S/c16-11-1-2-12(10(7-11)9-17)23(20,21)18-13-8-14(19)15(13)3-5-22-6-4-15/h1-2,7,13-14,18-19H,3-6,8H2/t13-,14-/m1/s1. The van der Waals surface area contributed by atoms with E-state index >= 15 is 0 Å². The summed E-state index contributed by atoms with van der Waals surface area (Å²) >= 11 is 0. The number of aliphatic hydroxyl groups excluding tert-OH is 1. The number of hydrogen-bond acceptors (Lipinski definition) is 5. The molecule has 2 N–H and O–H groups in total. The molecular weight excluding hydrogens is 323 g/mol. The van der Waals surface area contributed by atoms with Crippen molar-refractivity contribution in [2.24, 2.45) is 5.41 Å². The number of benzene rings is 1. The van der Waals surface area contributed by atoms with Gasteiger partial charge in [-0.15, -0.1) is 0 Å². The Morgan fingerprint density at radius 3 is 2.70 bits per heavy atom. The average molecular weight is 340 g/mol. The molecule has 1 heterocycles. The Labute approximate surface area is 133 Å². The minimum absolute atomic E-state index is 0.238. The predicted octanol–water partition coefficient (Wildman–Crippen LogP) is 0.906. The summed E-state index contributed by atoms with van der Waals surface area (Å²) in [5.74, 6) is -0.666. The summed E-state index contributed by atoms with van der Waals surface area (Å²) < 4.78 is 46.2. The lowest BCUT2D eigenvalue weighted by Crippen LogP contribution is -2.65. The van der Waals surface area contributed by atoms with Gasteiger partial charge in [-0.1, -0.05) is 0 Å². The van der Waals surface area contributed by atoms with Gasteiger partial charge in [0.2, 0.25) is 10.0 Å². The van der Waals surface area contributed by atoms with Gasteiger partial charge in [0.05, 0.1) is 16.6 Å². The lowest BCUT2D eigenvalue weighted by molar-refractivity contribution is -0.143. The molecular formula is C15H17FN2O4S. The summed E-state index contributed by atoms with van der Waals surface area (Å²) in [5, 5.41) is 19.1. The van der Waals surface area contributed by atoms with Crippen molar-refractivity contribution in [3.63, 3.8) is 0 Å². The molecule has 6 nitrogen and oxygen atoms in total. The third kappa shape index (κ3) is 2.74. The molecule has 0 amide bonds. The third-order valence-corrected chi connectivity index (χ3v) is 6.42. The maximum atomic E-state index is 13.2. The van der Waals surface area contributed by atoms with Crippen LogP contribution >= 0.6 is 0 Å². The highest BCUT2D eigenvalue weighted by Crippen LogP contribution is 2.49. The smallest absolute Gasteiger partial charge is 0.242 e. The SMILES string of the molecule is N#Cc1cc(F)ccc1S(=O)(=O)N[C@@H]1C[C@@H](O)C12CCOCC2. The van der Waals surface area contributed by atoms with Gasteiger partial charge in [0.25, 0.3) is 0 Å². The van der Waals surface area contributed by atoms with Crippen molar-refractivity contribution in [1.82, 2.24) is 4.72 Å². The summed E-state index contributed by atoms with van der Waals surface area (Å²) in [6.07, 6.45) is 0.913. The minimum atomic E-state index is -3.97. The number of ether oxygens (including phenoxy) is 1. The Bertz CT molecular complexity index is 753. The van der Waals surface area contributed by atoms with E-state index < -0.39 is 33.4 Å². The molecule has 1 aromatic carbocycles. The van der Waals surface area contributed by atoms with Crippen LogP contribution < -0.4 is 4.72 Å². The third-order valence-electron chi connectivity index (χ3n) is 4.89. The van der Waals surface area contributed by atoms with Crippen LogP contribution in [-0.4, -0.2) is 38.9 Å². The van der Waals surface area contributed by atoms with Crippen molar-refractivity contribution in [3.8, 4) is 6.07 Å². The fourth-order valence-corrected chi connectivity index (χ4v) is 4.91. The quantitative estimate of drug-likeness (QED) is 0.852. The van der Waals surface area contributed by atoms with Gasteiger partial charge in [0, 0.05) is 24.7 Å². The molecule has 2 atom stereocenters. The maximum absolute atomic E-state index is 13.2. The molecule has 2 aliphatic rings. The van der Waals surface area contributed by atoms with Crippen LogP contribution in [0.5, 0.6) is 0 Å². The van der Waals surface area contributed by atoms with Crippen molar-refractivity contribution in [2.45, 2.75) is 36.3 Å². The van der Waals surface area contributed by atoms with Crippen LogP contribution in [0.3, 0.4) is 0 Å². The van der Waals surface area contributed by atoms with Crippen LogP contribution in [0.25, 0.3) is 0 Å². The molecule has 0 aromatic heterocycles. The van der Waals surface area contributed by atoms with E-state index in [0.717, 1.165) is 18.2 Å². The molecule has 23 heavy (non-hydrogen) atoms. The van der Waals surface area contributed by atoms with Crippen LogP contribution in [0.1, 0.15) is 24.8 Å². The molecule has 2 fully saturated rings. The molecule has 1 aliphatic carbocycles. The Morgan fingerprint density at radius 1 is 1.39 bits per heavy atom. The summed E-state index contributed by atoms with van der Waals surface area (Å²) in [6, 6.07) is 4.28. The summed E-state index contributed by atoms with van der Waals surface area (Å²) in [7, 11) is -3.97. The van der Waals surface area contributed by atoms with Crippen LogP contribution in [0.4, 0.5) is 4.39 Å². The summed E-state index contributed by atoms with van der Waals surface area (Å²) in [5.41, 5.74) is -0.753. The zero-order valence-corrected chi connectivity index (χ0v) is 13.1.